The van der Waals surface area contributed by atoms with Crippen molar-refractivity contribution in [2.75, 3.05) is 45.8 Å². The molecule has 7 nitrogen and oxygen atoms in total. The molecule has 1 fully saturated rings. The van der Waals surface area contributed by atoms with Gasteiger partial charge in [0.2, 0.25) is 0 Å². The van der Waals surface area contributed by atoms with Crippen LogP contribution in [0.15, 0.2) is 0 Å². The van der Waals surface area contributed by atoms with Crippen molar-refractivity contribution in [1.29, 1.82) is 0 Å². The molecule has 0 aromatic rings. The molecule has 0 spiro atoms. The molecule has 1 rings (SSSR count). The van der Waals surface area contributed by atoms with Crippen molar-refractivity contribution in [2.45, 2.75) is 26.3 Å². The largest absolute Gasteiger partial charge is 0.481 e. The standard InChI is InChI=1S/C13H26N4O3/c1-11(2)17(7-3-12(18)19)13(20)15-6-10-16-8-4-14-5-9-16/h11,14H,3-10H2,1-2H3,(H,15,20)(H,18,19). The van der Waals surface area contributed by atoms with Crippen LogP contribution >= 0.6 is 0 Å². The molecule has 1 aliphatic rings. The third-order valence-corrected chi connectivity index (χ3v) is 3.36. The predicted molar refractivity (Wildman–Crippen MR) is 76.8 cm³/mol. The molecule has 20 heavy (non-hydrogen) atoms. The third kappa shape index (κ3) is 6.21. The van der Waals surface area contributed by atoms with E-state index in [9.17, 15) is 9.59 Å². The fraction of sp³-hybridized carbons (Fsp3) is 0.846. The molecule has 0 aromatic carbocycles. The van der Waals surface area contributed by atoms with Crippen LogP contribution in [0.3, 0.4) is 0 Å². The van der Waals surface area contributed by atoms with Gasteiger partial charge in [0.05, 0.1) is 6.42 Å². The van der Waals surface area contributed by atoms with E-state index in [1.165, 1.54) is 0 Å². The number of nitrogens with one attached hydrogen (secondary N) is 2. The summed E-state index contributed by atoms with van der Waals surface area (Å²) in [5, 5.41) is 14.8. The lowest BCUT2D eigenvalue weighted by Crippen LogP contribution is -2.49. The quantitative estimate of drug-likeness (QED) is 0.603. The lowest BCUT2D eigenvalue weighted by molar-refractivity contribution is -0.137. The Bertz CT molecular complexity index is 317. The highest BCUT2D eigenvalue weighted by Crippen LogP contribution is 2.01. The summed E-state index contributed by atoms with van der Waals surface area (Å²) in [5.74, 6) is -0.885. The number of piperazine rings is 1. The monoisotopic (exact) mass is 286 g/mol. The van der Waals surface area contributed by atoms with Gasteiger partial charge in [-0.05, 0) is 13.8 Å². The zero-order valence-electron chi connectivity index (χ0n) is 12.4. The minimum Gasteiger partial charge on any atom is -0.481 e. The molecule has 2 amide bonds. The third-order valence-electron chi connectivity index (χ3n) is 3.36. The molecule has 0 unspecified atom stereocenters. The van der Waals surface area contributed by atoms with Crippen molar-refractivity contribution >= 4 is 12.0 Å². The van der Waals surface area contributed by atoms with E-state index < -0.39 is 5.97 Å². The molecule has 7 heteroatoms. The minimum atomic E-state index is -0.885. The van der Waals surface area contributed by atoms with Crippen molar-refractivity contribution in [1.82, 2.24) is 20.4 Å². The Balaban J connectivity index is 2.28. The molecule has 0 aromatic heterocycles. The smallest absolute Gasteiger partial charge is 0.317 e. The molecule has 1 saturated heterocycles. The van der Waals surface area contributed by atoms with Gasteiger partial charge in [0.1, 0.15) is 0 Å². The fourth-order valence-corrected chi connectivity index (χ4v) is 2.17. The second-order valence-corrected chi connectivity index (χ2v) is 5.25. The fourth-order valence-electron chi connectivity index (χ4n) is 2.17. The van der Waals surface area contributed by atoms with Gasteiger partial charge in [-0.3, -0.25) is 9.69 Å². The Morgan fingerprint density at radius 2 is 2.00 bits per heavy atom. The summed E-state index contributed by atoms with van der Waals surface area (Å²) in [6.07, 6.45) is -0.0244. The number of nitrogens with zero attached hydrogens (tertiary/aromatic N) is 2. The lowest BCUT2D eigenvalue weighted by Gasteiger charge is -2.29. The maximum atomic E-state index is 12.0. The number of hydrogen-bond acceptors (Lipinski definition) is 4. The number of hydrogen-bond donors (Lipinski definition) is 3. The number of carbonyl (C=O) groups is 2. The maximum absolute atomic E-state index is 12.0. The van der Waals surface area contributed by atoms with Gasteiger partial charge >= 0.3 is 12.0 Å². The normalized spacial score (nSPS) is 16.1. The van der Waals surface area contributed by atoms with Gasteiger partial charge in [-0.2, -0.15) is 0 Å². The van der Waals surface area contributed by atoms with Crippen LogP contribution in [0, 0.1) is 0 Å². The second-order valence-electron chi connectivity index (χ2n) is 5.25. The van der Waals surface area contributed by atoms with Crippen LogP contribution in [0.4, 0.5) is 4.79 Å². The van der Waals surface area contributed by atoms with E-state index in [1.807, 2.05) is 13.8 Å². The number of amides is 2. The van der Waals surface area contributed by atoms with E-state index >= 15 is 0 Å². The van der Waals surface area contributed by atoms with E-state index in [1.54, 1.807) is 4.90 Å². The topological polar surface area (TPSA) is 84.9 Å². The van der Waals surface area contributed by atoms with Crippen LogP contribution in [0.2, 0.25) is 0 Å². The van der Waals surface area contributed by atoms with Crippen molar-refractivity contribution < 1.29 is 14.7 Å². The molecule has 1 heterocycles. The average Bonchev–Trinajstić information content (AvgIpc) is 2.39. The Labute approximate surface area is 120 Å². The Hall–Kier alpha value is -1.34. The van der Waals surface area contributed by atoms with Crippen molar-refractivity contribution in [3.8, 4) is 0 Å². The van der Waals surface area contributed by atoms with Crippen molar-refractivity contribution in [2.24, 2.45) is 0 Å². The van der Waals surface area contributed by atoms with Crippen LogP contribution in [0.1, 0.15) is 20.3 Å². The highest BCUT2D eigenvalue weighted by atomic mass is 16.4. The first-order chi connectivity index (χ1) is 9.50. The van der Waals surface area contributed by atoms with Crippen LogP contribution in [0.5, 0.6) is 0 Å². The SMILES string of the molecule is CC(C)N(CCC(=O)O)C(=O)NCCN1CCNCC1. The number of carbonyl (C=O) groups excluding carboxylic acids is 1. The second kappa shape index (κ2) is 8.76. The molecule has 3 N–H and O–H groups in total. The van der Waals surface area contributed by atoms with Gasteiger partial charge in [0.15, 0.2) is 0 Å². The van der Waals surface area contributed by atoms with Gasteiger partial charge in [-0.1, -0.05) is 0 Å². The van der Waals surface area contributed by atoms with E-state index in [0.717, 1.165) is 32.7 Å². The molecule has 0 atom stereocenters. The van der Waals surface area contributed by atoms with Gasteiger partial charge in [0.25, 0.3) is 0 Å². The van der Waals surface area contributed by atoms with E-state index in [4.69, 9.17) is 5.11 Å². The number of carboxylic acids is 1. The van der Waals surface area contributed by atoms with E-state index in [0.29, 0.717) is 6.54 Å². The lowest BCUT2D eigenvalue weighted by atomic mass is 10.3. The number of rotatable bonds is 7. The Kier molecular flexibility index (Phi) is 7.32. The van der Waals surface area contributed by atoms with Gasteiger partial charge < -0.3 is 20.6 Å². The first-order valence-electron chi connectivity index (χ1n) is 7.20. The summed E-state index contributed by atoms with van der Waals surface area (Å²) in [5.41, 5.74) is 0. The Morgan fingerprint density at radius 3 is 2.55 bits per heavy atom. The number of aliphatic carboxylic acids is 1. The molecule has 1 aliphatic heterocycles. The summed E-state index contributed by atoms with van der Waals surface area (Å²) < 4.78 is 0. The zero-order chi connectivity index (χ0) is 15.0. The van der Waals surface area contributed by atoms with Gasteiger partial charge in [0, 0.05) is 51.9 Å². The first-order valence-corrected chi connectivity index (χ1v) is 7.20. The van der Waals surface area contributed by atoms with E-state index in [2.05, 4.69) is 15.5 Å². The van der Waals surface area contributed by atoms with Crippen molar-refractivity contribution in [3.63, 3.8) is 0 Å². The maximum Gasteiger partial charge on any atom is 0.317 e. The van der Waals surface area contributed by atoms with Crippen LogP contribution in [-0.4, -0.2) is 78.8 Å². The highest BCUT2D eigenvalue weighted by Gasteiger charge is 2.18. The highest BCUT2D eigenvalue weighted by molar-refractivity contribution is 5.75. The van der Waals surface area contributed by atoms with Gasteiger partial charge in [-0.25, -0.2) is 4.79 Å². The zero-order valence-corrected chi connectivity index (χ0v) is 12.4. The van der Waals surface area contributed by atoms with Crippen LogP contribution in [-0.2, 0) is 4.79 Å². The summed E-state index contributed by atoms with van der Waals surface area (Å²) >= 11 is 0. The molecule has 0 bridgehead atoms. The van der Waals surface area contributed by atoms with Gasteiger partial charge in [-0.15, -0.1) is 0 Å². The molecular weight excluding hydrogens is 260 g/mol. The molecule has 0 radical (unpaired) electrons. The summed E-state index contributed by atoms with van der Waals surface area (Å²) in [4.78, 5) is 26.5. The number of carboxylic acid groups (broad SMARTS) is 1. The summed E-state index contributed by atoms with van der Waals surface area (Å²) in [6, 6.07) is -0.190. The molecule has 0 saturated carbocycles. The van der Waals surface area contributed by atoms with Crippen LogP contribution < -0.4 is 10.6 Å². The minimum absolute atomic E-state index is 0.00598. The molecular formula is C13H26N4O3. The molecule has 116 valence electrons. The predicted octanol–water partition coefficient (Wildman–Crippen LogP) is -0.214. The Morgan fingerprint density at radius 1 is 1.35 bits per heavy atom. The summed E-state index contributed by atoms with van der Waals surface area (Å²) in [6.45, 7) is 9.43. The van der Waals surface area contributed by atoms with Crippen LogP contribution in [0.25, 0.3) is 0 Å². The summed E-state index contributed by atoms with van der Waals surface area (Å²) in [7, 11) is 0. The average molecular weight is 286 g/mol. The molecule has 0 aliphatic carbocycles. The van der Waals surface area contributed by atoms with Crippen molar-refractivity contribution in [3.05, 3.63) is 0 Å². The number of urea groups is 1. The van der Waals surface area contributed by atoms with E-state index in [-0.39, 0.29) is 25.0 Å². The first kappa shape index (κ1) is 16.7.